The van der Waals surface area contributed by atoms with Gasteiger partial charge in [0.25, 0.3) is 0 Å². The number of hydrogen-bond donors (Lipinski definition) is 2. The van der Waals surface area contributed by atoms with Crippen LogP contribution < -0.4 is 5.32 Å². The summed E-state index contributed by atoms with van der Waals surface area (Å²) in [6.07, 6.45) is 3.72. The lowest BCUT2D eigenvalue weighted by Gasteiger charge is -2.28. The highest BCUT2D eigenvalue weighted by molar-refractivity contribution is 5.83. The van der Waals surface area contributed by atoms with Crippen LogP contribution in [0.4, 0.5) is 4.79 Å². The zero-order chi connectivity index (χ0) is 19.7. The molecule has 0 spiro atoms. The number of fused-ring (bicyclic) bond motifs is 1. The predicted octanol–water partition coefficient (Wildman–Crippen LogP) is 2.56. The Labute approximate surface area is 154 Å². The lowest BCUT2D eigenvalue weighted by atomic mass is 9.98. The minimum atomic E-state index is -1.03. The normalized spacial score (nSPS) is 28.1. The molecule has 146 valence electrons. The van der Waals surface area contributed by atoms with Crippen molar-refractivity contribution in [2.75, 3.05) is 6.54 Å². The van der Waals surface area contributed by atoms with E-state index < -0.39 is 23.7 Å². The fourth-order valence-corrected chi connectivity index (χ4v) is 3.61. The maximum absolute atomic E-state index is 12.5. The van der Waals surface area contributed by atoms with Crippen LogP contribution in [-0.2, 0) is 14.3 Å². The van der Waals surface area contributed by atoms with E-state index in [-0.39, 0.29) is 23.3 Å². The first kappa shape index (κ1) is 20.3. The summed E-state index contributed by atoms with van der Waals surface area (Å²) >= 11 is 0. The molecule has 1 saturated heterocycles. The third-order valence-corrected chi connectivity index (χ3v) is 5.17. The summed E-state index contributed by atoms with van der Waals surface area (Å²) in [4.78, 5) is 37.6. The number of carbonyl (C=O) groups is 3. The molecule has 0 bridgehead atoms. The number of likely N-dealkylation sites (tertiary alicyclic amines) is 1. The molecule has 1 aliphatic carbocycles. The molecule has 26 heavy (non-hydrogen) atoms. The van der Waals surface area contributed by atoms with Crippen LogP contribution in [0.5, 0.6) is 0 Å². The van der Waals surface area contributed by atoms with Crippen LogP contribution >= 0.6 is 0 Å². The molecule has 2 fully saturated rings. The fourth-order valence-electron chi connectivity index (χ4n) is 3.61. The largest absolute Gasteiger partial charge is 0.480 e. The van der Waals surface area contributed by atoms with E-state index in [1.165, 1.54) is 4.90 Å². The Balaban J connectivity index is 2.00. The molecule has 0 radical (unpaired) electrons. The summed E-state index contributed by atoms with van der Waals surface area (Å²) in [7, 11) is 0. The molecule has 1 unspecified atom stereocenters. The van der Waals surface area contributed by atoms with Crippen LogP contribution in [-0.4, -0.2) is 52.2 Å². The maximum atomic E-state index is 12.5. The Morgan fingerprint density at radius 3 is 2.58 bits per heavy atom. The first-order chi connectivity index (χ1) is 12.0. The van der Waals surface area contributed by atoms with E-state index in [9.17, 15) is 19.5 Å². The predicted molar refractivity (Wildman–Crippen MR) is 96.6 cm³/mol. The molecule has 2 rings (SSSR count). The SMILES string of the molecule is C=CCCC(C)C(=O)NC[C@@]12C[C@@H](C(=O)O)N(C(=O)OC(C)(C)C)[C@@H]1C2. The molecular formula is C19H30N2O5. The second-order valence-electron chi connectivity index (χ2n) is 8.51. The second-order valence-corrected chi connectivity index (χ2v) is 8.51. The van der Waals surface area contributed by atoms with Gasteiger partial charge in [-0.15, -0.1) is 6.58 Å². The molecule has 2 aliphatic rings. The number of rotatable bonds is 7. The van der Waals surface area contributed by atoms with E-state index in [0.29, 0.717) is 19.4 Å². The lowest BCUT2D eigenvalue weighted by molar-refractivity contribution is -0.142. The summed E-state index contributed by atoms with van der Waals surface area (Å²) in [5.41, 5.74) is -1.04. The Hall–Kier alpha value is -2.05. The third kappa shape index (κ3) is 4.37. The van der Waals surface area contributed by atoms with Crippen LogP contribution in [0.3, 0.4) is 0 Å². The van der Waals surface area contributed by atoms with E-state index in [4.69, 9.17) is 4.74 Å². The third-order valence-electron chi connectivity index (χ3n) is 5.17. The van der Waals surface area contributed by atoms with Gasteiger partial charge in [-0.1, -0.05) is 13.0 Å². The number of nitrogens with zero attached hydrogens (tertiary/aromatic N) is 1. The fraction of sp³-hybridized carbons (Fsp3) is 0.737. The van der Waals surface area contributed by atoms with Gasteiger partial charge in [0.2, 0.25) is 5.91 Å². The molecule has 1 saturated carbocycles. The highest BCUT2D eigenvalue weighted by Crippen LogP contribution is 2.59. The first-order valence-corrected chi connectivity index (χ1v) is 9.13. The van der Waals surface area contributed by atoms with E-state index in [1.807, 2.05) is 6.92 Å². The number of carbonyl (C=O) groups excluding carboxylic acids is 2. The Morgan fingerprint density at radius 1 is 1.38 bits per heavy atom. The van der Waals surface area contributed by atoms with Gasteiger partial charge in [-0.05, 0) is 46.5 Å². The molecular weight excluding hydrogens is 336 g/mol. The summed E-state index contributed by atoms with van der Waals surface area (Å²) in [6.45, 7) is 11.2. The molecule has 2 amide bonds. The maximum Gasteiger partial charge on any atom is 0.411 e. The number of allylic oxidation sites excluding steroid dienone is 1. The van der Waals surface area contributed by atoms with E-state index >= 15 is 0 Å². The molecule has 0 aromatic heterocycles. The first-order valence-electron chi connectivity index (χ1n) is 9.13. The number of nitrogens with one attached hydrogen (secondary N) is 1. The molecule has 0 aromatic rings. The number of amides is 2. The van der Waals surface area contributed by atoms with Crippen molar-refractivity contribution in [1.29, 1.82) is 0 Å². The Kier molecular flexibility index (Phi) is 5.68. The van der Waals surface area contributed by atoms with Crippen molar-refractivity contribution < 1.29 is 24.2 Å². The summed E-state index contributed by atoms with van der Waals surface area (Å²) < 4.78 is 5.38. The van der Waals surface area contributed by atoms with Gasteiger partial charge in [0.05, 0.1) is 0 Å². The van der Waals surface area contributed by atoms with Crippen LogP contribution in [0.15, 0.2) is 12.7 Å². The van der Waals surface area contributed by atoms with Gasteiger partial charge in [0.15, 0.2) is 0 Å². The Morgan fingerprint density at radius 2 is 2.04 bits per heavy atom. The number of carboxylic acid groups (broad SMARTS) is 1. The van der Waals surface area contributed by atoms with Gasteiger partial charge in [-0.25, -0.2) is 9.59 Å². The average Bonchev–Trinajstić information content (AvgIpc) is 3.12. The highest BCUT2D eigenvalue weighted by Gasteiger charge is 2.68. The van der Waals surface area contributed by atoms with Crippen molar-refractivity contribution in [2.24, 2.45) is 11.3 Å². The number of ether oxygens (including phenoxy) is 1. The average molecular weight is 366 g/mol. The van der Waals surface area contributed by atoms with Crippen LogP contribution in [0, 0.1) is 11.3 Å². The van der Waals surface area contributed by atoms with Crippen LogP contribution in [0.25, 0.3) is 0 Å². The standard InChI is InChI=1S/C19H30N2O5/c1-6-7-8-12(2)15(22)20-11-19-9-13(16(23)24)21(14(19)10-19)17(25)26-18(3,4)5/h6,12-14H,1,7-11H2,2-5H3,(H,20,22)(H,23,24)/t12?,13-,14+,19-/m0/s1. The zero-order valence-electron chi connectivity index (χ0n) is 16.1. The molecule has 1 aliphatic heterocycles. The van der Waals surface area contributed by atoms with Crippen molar-refractivity contribution in [3.05, 3.63) is 12.7 Å². The van der Waals surface area contributed by atoms with Gasteiger partial charge < -0.3 is 15.2 Å². The molecule has 0 aromatic carbocycles. The molecule has 7 heteroatoms. The summed E-state index contributed by atoms with van der Waals surface area (Å²) in [6, 6.07) is -1.10. The molecule has 2 N–H and O–H groups in total. The minimum Gasteiger partial charge on any atom is -0.480 e. The minimum absolute atomic E-state index is 0.0468. The van der Waals surface area contributed by atoms with E-state index in [2.05, 4.69) is 11.9 Å². The quantitative estimate of drug-likeness (QED) is 0.675. The topological polar surface area (TPSA) is 95.9 Å². The van der Waals surface area contributed by atoms with Gasteiger partial charge >= 0.3 is 12.1 Å². The second kappa shape index (κ2) is 7.29. The Bertz CT molecular complexity index is 597. The van der Waals surface area contributed by atoms with Crippen LogP contribution in [0.1, 0.15) is 53.4 Å². The number of aliphatic carboxylic acids is 1. The van der Waals surface area contributed by atoms with Crippen molar-refractivity contribution in [3.8, 4) is 0 Å². The van der Waals surface area contributed by atoms with E-state index in [0.717, 1.165) is 12.8 Å². The number of hydrogen-bond acceptors (Lipinski definition) is 4. The van der Waals surface area contributed by atoms with Crippen molar-refractivity contribution in [3.63, 3.8) is 0 Å². The number of piperidine rings is 1. The van der Waals surface area contributed by atoms with Crippen molar-refractivity contribution >= 4 is 18.0 Å². The monoisotopic (exact) mass is 366 g/mol. The van der Waals surface area contributed by atoms with Gasteiger partial charge in [0, 0.05) is 23.9 Å². The molecule has 7 nitrogen and oxygen atoms in total. The summed E-state index contributed by atoms with van der Waals surface area (Å²) in [5.74, 6) is -1.21. The van der Waals surface area contributed by atoms with Gasteiger partial charge in [0.1, 0.15) is 11.6 Å². The van der Waals surface area contributed by atoms with Crippen molar-refractivity contribution in [2.45, 2.75) is 71.1 Å². The number of carboxylic acids is 1. The van der Waals surface area contributed by atoms with Crippen LogP contribution in [0.2, 0.25) is 0 Å². The molecule has 4 atom stereocenters. The van der Waals surface area contributed by atoms with Gasteiger partial charge in [-0.2, -0.15) is 0 Å². The highest BCUT2D eigenvalue weighted by atomic mass is 16.6. The van der Waals surface area contributed by atoms with E-state index in [1.54, 1.807) is 26.8 Å². The van der Waals surface area contributed by atoms with Crippen molar-refractivity contribution in [1.82, 2.24) is 10.2 Å². The lowest BCUT2D eigenvalue weighted by Crippen LogP contribution is -2.45. The summed E-state index contributed by atoms with van der Waals surface area (Å²) in [5, 5.41) is 12.4. The zero-order valence-corrected chi connectivity index (χ0v) is 16.1. The molecule has 1 heterocycles. The van der Waals surface area contributed by atoms with Gasteiger partial charge in [-0.3, -0.25) is 9.69 Å². The smallest absolute Gasteiger partial charge is 0.411 e.